The van der Waals surface area contributed by atoms with Crippen molar-refractivity contribution in [1.82, 2.24) is 4.90 Å². The van der Waals surface area contributed by atoms with Crippen LogP contribution in [0.1, 0.15) is 69.0 Å². The molecule has 0 spiro atoms. The molecular formula is C18H28N2. The van der Waals surface area contributed by atoms with E-state index in [4.69, 9.17) is 5.73 Å². The Kier molecular flexibility index (Phi) is 4.13. The van der Waals surface area contributed by atoms with E-state index < -0.39 is 0 Å². The van der Waals surface area contributed by atoms with Gasteiger partial charge in [-0.3, -0.25) is 4.90 Å². The van der Waals surface area contributed by atoms with E-state index >= 15 is 0 Å². The van der Waals surface area contributed by atoms with E-state index in [0.717, 1.165) is 12.5 Å². The first kappa shape index (κ1) is 14.1. The average Bonchev–Trinajstić information content (AvgIpc) is 3.26. The SMILES string of the molecule is CCC1CCC(C)N1C(CN)c1cccc(C2CC2)c1. The Morgan fingerprint density at radius 1 is 1.25 bits per heavy atom. The molecule has 1 heterocycles. The second-order valence-corrected chi connectivity index (χ2v) is 6.63. The van der Waals surface area contributed by atoms with Crippen LogP contribution in [0.3, 0.4) is 0 Å². The molecule has 1 aromatic rings. The average molecular weight is 272 g/mol. The Morgan fingerprint density at radius 2 is 2.05 bits per heavy atom. The molecule has 0 aromatic heterocycles. The Balaban J connectivity index is 1.86. The van der Waals surface area contributed by atoms with Crippen molar-refractivity contribution in [2.75, 3.05) is 6.54 Å². The van der Waals surface area contributed by atoms with Gasteiger partial charge in [-0.15, -0.1) is 0 Å². The molecule has 1 aliphatic heterocycles. The molecule has 3 unspecified atom stereocenters. The number of rotatable bonds is 5. The summed E-state index contributed by atoms with van der Waals surface area (Å²) in [6.45, 7) is 5.40. The van der Waals surface area contributed by atoms with Crippen molar-refractivity contribution in [3.8, 4) is 0 Å². The van der Waals surface area contributed by atoms with Gasteiger partial charge in [0.2, 0.25) is 0 Å². The summed E-state index contributed by atoms with van der Waals surface area (Å²) in [5.74, 6) is 0.825. The van der Waals surface area contributed by atoms with E-state index in [2.05, 4.69) is 43.0 Å². The molecule has 2 N–H and O–H groups in total. The lowest BCUT2D eigenvalue weighted by atomic mass is 9.99. The van der Waals surface area contributed by atoms with Crippen LogP contribution in [-0.2, 0) is 0 Å². The maximum absolute atomic E-state index is 6.16. The maximum atomic E-state index is 6.16. The molecule has 1 aromatic carbocycles. The van der Waals surface area contributed by atoms with Gasteiger partial charge in [0.05, 0.1) is 0 Å². The Bertz CT molecular complexity index is 452. The summed E-state index contributed by atoms with van der Waals surface area (Å²) in [6.07, 6.45) is 6.62. The van der Waals surface area contributed by atoms with E-state index in [-0.39, 0.29) is 0 Å². The Hall–Kier alpha value is -0.860. The zero-order valence-corrected chi connectivity index (χ0v) is 12.9. The summed E-state index contributed by atoms with van der Waals surface area (Å²) < 4.78 is 0. The van der Waals surface area contributed by atoms with Crippen molar-refractivity contribution in [3.05, 3.63) is 35.4 Å². The highest BCUT2D eigenvalue weighted by Crippen LogP contribution is 2.41. The number of hydrogen-bond acceptors (Lipinski definition) is 2. The molecule has 0 bridgehead atoms. The fourth-order valence-corrected chi connectivity index (χ4v) is 3.94. The Labute approximate surface area is 123 Å². The summed E-state index contributed by atoms with van der Waals surface area (Å²) in [5.41, 5.74) is 9.13. The molecule has 1 saturated heterocycles. The van der Waals surface area contributed by atoms with Crippen LogP contribution in [0.15, 0.2) is 24.3 Å². The minimum atomic E-state index is 0.399. The van der Waals surface area contributed by atoms with E-state index in [1.165, 1.54) is 43.2 Å². The van der Waals surface area contributed by atoms with Gasteiger partial charge in [-0.25, -0.2) is 0 Å². The zero-order valence-electron chi connectivity index (χ0n) is 12.9. The number of hydrogen-bond donors (Lipinski definition) is 1. The highest BCUT2D eigenvalue weighted by molar-refractivity contribution is 5.31. The topological polar surface area (TPSA) is 29.3 Å². The molecule has 2 fully saturated rings. The van der Waals surface area contributed by atoms with Crippen LogP contribution in [0, 0.1) is 0 Å². The monoisotopic (exact) mass is 272 g/mol. The summed E-state index contributed by atoms with van der Waals surface area (Å²) in [5, 5.41) is 0. The summed E-state index contributed by atoms with van der Waals surface area (Å²) >= 11 is 0. The van der Waals surface area contributed by atoms with Crippen LogP contribution in [0.4, 0.5) is 0 Å². The minimum Gasteiger partial charge on any atom is -0.329 e. The quantitative estimate of drug-likeness (QED) is 0.882. The number of nitrogens with two attached hydrogens (primary N) is 1. The largest absolute Gasteiger partial charge is 0.329 e. The molecule has 1 saturated carbocycles. The number of nitrogens with zero attached hydrogens (tertiary/aromatic N) is 1. The van der Waals surface area contributed by atoms with Crippen LogP contribution in [-0.4, -0.2) is 23.5 Å². The molecule has 3 atom stereocenters. The van der Waals surface area contributed by atoms with Crippen molar-refractivity contribution in [2.45, 2.75) is 70.0 Å². The number of likely N-dealkylation sites (tertiary alicyclic amines) is 1. The Morgan fingerprint density at radius 3 is 2.70 bits per heavy atom. The van der Waals surface area contributed by atoms with Crippen LogP contribution < -0.4 is 5.73 Å². The summed E-state index contributed by atoms with van der Waals surface area (Å²) in [4.78, 5) is 2.69. The second-order valence-electron chi connectivity index (χ2n) is 6.63. The number of benzene rings is 1. The van der Waals surface area contributed by atoms with Gasteiger partial charge in [-0.1, -0.05) is 31.2 Å². The molecule has 2 aliphatic rings. The van der Waals surface area contributed by atoms with Gasteiger partial charge in [0.1, 0.15) is 0 Å². The lowest BCUT2D eigenvalue weighted by Crippen LogP contribution is -2.41. The van der Waals surface area contributed by atoms with Gasteiger partial charge in [0, 0.05) is 24.7 Å². The lowest BCUT2D eigenvalue weighted by molar-refractivity contribution is 0.137. The van der Waals surface area contributed by atoms with Crippen molar-refractivity contribution in [2.24, 2.45) is 5.73 Å². The molecular weight excluding hydrogens is 244 g/mol. The van der Waals surface area contributed by atoms with Crippen LogP contribution in [0.25, 0.3) is 0 Å². The van der Waals surface area contributed by atoms with Crippen molar-refractivity contribution >= 4 is 0 Å². The molecule has 2 heteroatoms. The van der Waals surface area contributed by atoms with Gasteiger partial charge >= 0.3 is 0 Å². The van der Waals surface area contributed by atoms with Crippen LogP contribution >= 0.6 is 0 Å². The second kappa shape index (κ2) is 5.87. The lowest BCUT2D eigenvalue weighted by Gasteiger charge is -2.36. The van der Waals surface area contributed by atoms with Gasteiger partial charge in [0.25, 0.3) is 0 Å². The molecule has 110 valence electrons. The first-order chi connectivity index (χ1) is 9.74. The highest BCUT2D eigenvalue weighted by Gasteiger charge is 2.35. The fourth-order valence-electron chi connectivity index (χ4n) is 3.94. The molecule has 0 amide bonds. The van der Waals surface area contributed by atoms with E-state index in [0.29, 0.717) is 18.1 Å². The van der Waals surface area contributed by atoms with Crippen molar-refractivity contribution in [1.29, 1.82) is 0 Å². The third-order valence-corrected chi connectivity index (χ3v) is 5.25. The smallest absolute Gasteiger partial charge is 0.0476 e. The molecule has 1 aliphatic carbocycles. The first-order valence-electron chi connectivity index (χ1n) is 8.32. The molecule has 20 heavy (non-hydrogen) atoms. The predicted octanol–water partition coefficient (Wildman–Crippen LogP) is 3.83. The highest BCUT2D eigenvalue weighted by atomic mass is 15.2. The normalized spacial score (nSPS) is 28.8. The molecule has 0 radical (unpaired) electrons. The minimum absolute atomic E-state index is 0.399. The van der Waals surface area contributed by atoms with E-state index in [1.54, 1.807) is 0 Å². The van der Waals surface area contributed by atoms with Gasteiger partial charge in [-0.05, 0) is 56.1 Å². The molecule has 2 nitrogen and oxygen atoms in total. The van der Waals surface area contributed by atoms with E-state index in [9.17, 15) is 0 Å². The first-order valence-corrected chi connectivity index (χ1v) is 8.32. The third-order valence-electron chi connectivity index (χ3n) is 5.25. The van der Waals surface area contributed by atoms with Crippen LogP contribution in [0.2, 0.25) is 0 Å². The zero-order chi connectivity index (χ0) is 14.1. The van der Waals surface area contributed by atoms with Crippen molar-refractivity contribution < 1.29 is 0 Å². The van der Waals surface area contributed by atoms with Crippen LogP contribution in [0.5, 0.6) is 0 Å². The van der Waals surface area contributed by atoms with Crippen molar-refractivity contribution in [3.63, 3.8) is 0 Å². The van der Waals surface area contributed by atoms with Gasteiger partial charge < -0.3 is 5.73 Å². The van der Waals surface area contributed by atoms with Gasteiger partial charge in [0.15, 0.2) is 0 Å². The molecule has 3 rings (SSSR count). The van der Waals surface area contributed by atoms with Gasteiger partial charge in [-0.2, -0.15) is 0 Å². The third kappa shape index (κ3) is 2.64. The predicted molar refractivity (Wildman–Crippen MR) is 84.8 cm³/mol. The summed E-state index contributed by atoms with van der Waals surface area (Å²) in [7, 11) is 0. The standard InChI is InChI=1S/C18H28N2/c1-3-17-10-7-13(2)20(17)18(12-19)16-6-4-5-15(11-16)14-8-9-14/h4-6,11,13-14,17-18H,3,7-10,12,19H2,1-2H3. The van der Waals surface area contributed by atoms with E-state index in [1.807, 2.05) is 0 Å². The summed E-state index contributed by atoms with van der Waals surface area (Å²) in [6, 6.07) is 11.0. The maximum Gasteiger partial charge on any atom is 0.0476 e. The fraction of sp³-hybridized carbons (Fsp3) is 0.667.